The summed E-state index contributed by atoms with van der Waals surface area (Å²) in [6, 6.07) is 8.74. The lowest BCUT2D eigenvalue weighted by Crippen LogP contribution is -2.60. The first-order valence-electron chi connectivity index (χ1n) is 6.81. The van der Waals surface area contributed by atoms with Gasteiger partial charge in [-0.2, -0.15) is 4.31 Å². The van der Waals surface area contributed by atoms with E-state index in [1.807, 2.05) is 35.2 Å². The molecule has 2 atom stereocenters. The lowest BCUT2D eigenvalue weighted by atomic mass is 10.0. The van der Waals surface area contributed by atoms with Crippen molar-refractivity contribution < 1.29 is 18.3 Å². The minimum atomic E-state index is -3.34. The number of anilines is 1. The summed E-state index contributed by atoms with van der Waals surface area (Å²) in [6.45, 7) is 2.62. The van der Waals surface area contributed by atoms with Crippen molar-refractivity contribution in [3.63, 3.8) is 0 Å². The van der Waals surface area contributed by atoms with E-state index in [9.17, 15) is 13.2 Å². The van der Waals surface area contributed by atoms with E-state index in [1.54, 1.807) is 6.92 Å². The van der Waals surface area contributed by atoms with Crippen molar-refractivity contribution in [2.45, 2.75) is 25.4 Å². The van der Waals surface area contributed by atoms with Gasteiger partial charge >= 0.3 is 5.97 Å². The van der Waals surface area contributed by atoms with Crippen LogP contribution in [0.2, 0.25) is 0 Å². The number of hydrogen-bond acceptors (Lipinski definition) is 4. The molecular formula is C14H20N2O4S. The number of piperazine rings is 1. The van der Waals surface area contributed by atoms with Crippen LogP contribution in [0.5, 0.6) is 0 Å². The molecule has 0 radical (unpaired) electrons. The van der Waals surface area contributed by atoms with E-state index >= 15 is 0 Å². The highest BCUT2D eigenvalue weighted by Crippen LogP contribution is 2.27. The largest absolute Gasteiger partial charge is 0.481 e. The Kier molecular flexibility index (Phi) is 4.53. The van der Waals surface area contributed by atoms with Crippen molar-refractivity contribution in [3.8, 4) is 0 Å². The number of aliphatic carboxylic acids is 1. The molecule has 1 aliphatic rings. The SMILES string of the molecule is C[C@@H]1[C@H](CC(=O)O)N(c2ccccc2)CCN1S(C)(=O)=O. The zero-order valence-corrected chi connectivity index (χ0v) is 13.0. The minimum absolute atomic E-state index is 0.0952. The molecule has 1 fully saturated rings. The van der Waals surface area contributed by atoms with E-state index in [2.05, 4.69) is 0 Å². The molecule has 7 heteroatoms. The Hall–Kier alpha value is -1.60. The molecule has 1 aliphatic heterocycles. The number of sulfonamides is 1. The summed E-state index contributed by atoms with van der Waals surface area (Å²) in [4.78, 5) is 13.1. The van der Waals surface area contributed by atoms with Gasteiger partial charge in [-0.25, -0.2) is 8.42 Å². The van der Waals surface area contributed by atoms with Crippen LogP contribution in [0.25, 0.3) is 0 Å². The van der Waals surface area contributed by atoms with Gasteiger partial charge in [0.2, 0.25) is 10.0 Å². The topological polar surface area (TPSA) is 77.9 Å². The molecule has 1 aromatic carbocycles. The van der Waals surface area contributed by atoms with Crippen LogP contribution in [-0.2, 0) is 14.8 Å². The first-order chi connectivity index (χ1) is 9.80. The zero-order valence-electron chi connectivity index (χ0n) is 12.1. The number of carboxylic acid groups (broad SMARTS) is 1. The maximum absolute atomic E-state index is 11.8. The summed E-state index contributed by atoms with van der Waals surface area (Å²) >= 11 is 0. The average Bonchev–Trinajstić information content (AvgIpc) is 2.40. The molecule has 0 amide bonds. The van der Waals surface area contributed by atoms with E-state index in [0.29, 0.717) is 13.1 Å². The molecule has 1 saturated heterocycles. The highest BCUT2D eigenvalue weighted by Gasteiger charge is 2.38. The fraction of sp³-hybridized carbons (Fsp3) is 0.500. The predicted octanol–water partition coefficient (Wildman–Crippen LogP) is 1.00. The Morgan fingerprint density at radius 3 is 2.43 bits per heavy atom. The van der Waals surface area contributed by atoms with Crippen molar-refractivity contribution in [2.75, 3.05) is 24.2 Å². The molecule has 0 bridgehead atoms. The first-order valence-corrected chi connectivity index (χ1v) is 8.66. The molecule has 0 saturated carbocycles. The zero-order chi connectivity index (χ0) is 15.6. The molecule has 0 spiro atoms. The third kappa shape index (κ3) is 3.54. The van der Waals surface area contributed by atoms with Gasteiger partial charge in [-0.3, -0.25) is 4.79 Å². The van der Waals surface area contributed by atoms with Gasteiger partial charge in [0, 0.05) is 24.8 Å². The van der Waals surface area contributed by atoms with Crippen LogP contribution in [0.4, 0.5) is 5.69 Å². The molecule has 1 heterocycles. The van der Waals surface area contributed by atoms with Crippen molar-refractivity contribution in [2.24, 2.45) is 0 Å². The first kappa shape index (κ1) is 15.8. The fourth-order valence-corrected chi connectivity index (χ4v) is 4.05. The van der Waals surface area contributed by atoms with Gasteiger partial charge in [0.25, 0.3) is 0 Å². The number of para-hydroxylation sites is 1. The second kappa shape index (κ2) is 6.03. The molecule has 116 valence electrons. The Bertz CT molecular complexity index is 603. The molecule has 0 unspecified atom stereocenters. The number of benzene rings is 1. The number of nitrogens with zero attached hydrogens (tertiary/aromatic N) is 2. The van der Waals surface area contributed by atoms with Crippen molar-refractivity contribution >= 4 is 21.7 Å². The van der Waals surface area contributed by atoms with Crippen LogP contribution in [0.15, 0.2) is 30.3 Å². The van der Waals surface area contributed by atoms with Gasteiger partial charge in [0.05, 0.1) is 18.7 Å². The van der Waals surface area contributed by atoms with Gasteiger partial charge in [0.15, 0.2) is 0 Å². The van der Waals surface area contributed by atoms with Crippen molar-refractivity contribution in [1.82, 2.24) is 4.31 Å². The van der Waals surface area contributed by atoms with Crippen LogP contribution in [0.3, 0.4) is 0 Å². The Morgan fingerprint density at radius 1 is 1.29 bits per heavy atom. The van der Waals surface area contributed by atoms with Gasteiger partial charge in [0.1, 0.15) is 0 Å². The standard InChI is InChI=1S/C14H20N2O4S/c1-11-13(10-14(17)18)15(12-6-4-3-5-7-12)8-9-16(11)21(2,19)20/h3-7,11,13H,8-10H2,1-2H3,(H,17,18)/t11-,13+/m1/s1. The summed E-state index contributed by atoms with van der Waals surface area (Å²) in [6.07, 6.45) is 1.07. The lowest BCUT2D eigenvalue weighted by Gasteiger charge is -2.46. The van der Waals surface area contributed by atoms with Gasteiger partial charge in [-0.1, -0.05) is 18.2 Å². The van der Waals surface area contributed by atoms with Gasteiger partial charge in [-0.15, -0.1) is 0 Å². The van der Waals surface area contributed by atoms with Crippen LogP contribution >= 0.6 is 0 Å². The second-order valence-corrected chi connectivity index (χ2v) is 7.24. The molecule has 0 aliphatic carbocycles. The molecule has 2 rings (SSSR count). The summed E-state index contributed by atoms with van der Waals surface area (Å²) in [7, 11) is -3.34. The number of hydrogen-bond donors (Lipinski definition) is 1. The van der Waals surface area contributed by atoms with Gasteiger partial charge < -0.3 is 10.0 Å². The van der Waals surface area contributed by atoms with E-state index in [1.165, 1.54) is 10.6 Å². The molecule has 1 aromatic rings. The fourth-order valence-electron chi connectivity index (χ4n) is 2.90. The highest BCUT2D eigenvalue weighted by atomic mass is 32.2. The Morgan fingerprint density at radius 2 is 1.90 bits per heavy atom. The monoisotopic (exact) mass is 312 g/mol. The van der Waals surface area contributed by atoms with Gasteiger partial charge in [-0.05, 0) is 19.1 Å². The summed E-state index contributed by atoms with van der Waals surface area (Å²) in [5.41, 5.74) is 0.920. The van der Waals surface area contributed by atoms with Crippen molar-refractivity contribution in [1.29, 1.82) is 0 Å². The van der Waals surface area contributed by atoms with E-state index in [4.69, 9.17) is 5.11 Å². The molecule has 0 aromatic heterocycles. The smallest absolute Gasteiger partial charge is 0.305 e. The predicted molar refractivity (Wildman–Crippen MR) is 80.8 cm³/mol. The number of carboxylic acids is 1. The third-order valence-electron chi connectivity index (χ3n) is 3.87. The Balaban J connectivity index is 2.33. The second-order valence-electron chi connectivity index (χ2n) is 5.31. The van der Waals surface area contributed by atoms with E-state index < -0.39 is 16.0 Å². The third-order valence-corrected chi connectivity index (χ3v) is 5.24. The maximum Gasteiger partial charge on any atom is 0.305 e. The number of rotatable bonds is 4. The quantitative estimate of drug-likeness (QED) is 0.897. The maximum atomic E-state index is 11.8. The van der Waals surface area contributed by atoms with Crippen LogP contribution in [0.1, 0.15) is 13.3 Å². The molecule has 6 nitrogen and oxygen atoms in total. The average molecular weight is 312 g/mol. The van der Waals surface area contributed by atoms with Crippen LogP contribution in [-0.4, -0.2) is 55.2 Å². The normalized spacial score (nSPS) is 24.0. The summed E-state index contributed by atoms with van der Waals surface area (Å²) < 4.78 is 25.1. The minimum Gasteiger partial charge on any atom is -0.481 e. The highest BCUT2D eigenvalue weighted by molar-refractivity contribution is 7.88. The molecule has 21 heavy (non-hydrogen) atoms. The number of carbonyl (C=O) groups is 1. The Labute approximate surface area is 125 Å². The molecular weight excluding hydrogens is 292 g/mol. The molecule has 1 N–H and O–H groups in total. The van der Waals surface area contributed by atoms with Crippen LogP contribution in [0, 0.1) is 0 Å². The van der Waals surface area contributed by atoms with E-state index in [-0.39, 0.29) is 18.5 Å². The van der Waals surface area contributed by atoms with E-state index in [0.717, 1.165) is 5.69 Å². The van der Waals surface area contributed by atoms with Crippen molar-refractivity contribution in [3.05, 3.63) is 30.3 Å². The van der Waals surface area contributed by atoms with Crippen LogP contribution < -0.4 is 4.90 Å². The summed E-state index contributed by atoms with van der Waals surface area (Å²) in [5.74, 6) is -0.928. The lowest BCUT2D eigenvalue weighted by molar-refractivity contribution is -0.137. The summed E-state index contributed by atoms with van der Waals surface area (Å²) in [5, 5.41) is 9.14.